The molecule has 1 atom stereocenters. The minimum atomic E-state index is 0. The summed E-state index contributed by atoms with van der Waals surface area (Å²) in [5.74, 6) is 1.30. The Morgan fingerprint density at radius 1 is 1.07 bits per heavy atom. The maximum Gasteiger partial charge on any atom is 0.191 e. The van der Waals surface area contributed by atoms with Crippen molar-refractivity contribution in [2.45, 2.75) is 27.4 Å². The highest BCUT2D eigenvalue weighted by molar-refractivity contribution is 14.0. The first-order valence-corrected chi connectivity index (χ1v) is 10.8. The van der Waals surface area contributed by atoms with Crippen molar-refractivity contribution in [3.8, 4) is 0 Å². The fraction of sp³-hybridized carbons (Fsp3) is 0.682. The van der Waals surface area contributed by atoms with Gasteiger partial charge in [-0.2, -0.15) is 0 Å². The maximum absolute atomic E-state index is 5.83. The summed E-state index contributed by atoms with van der Waals surface area (Å²) in [6.45, 7) is 17.4. The van der Waals surface area contributed by atoms with Gasteiger partial charge in [0.05, 0.1) is 13.2 Å². The first-order valence-electron chi connectivity index (χ1n) is 10.8. The van der Waals surface area contributed by atoms with Gasteiger partial charge in [0.2, 0.25) is 0 Å². The highest BCUT2D eigenvalue weighted by atomic mass is 127. The van der Waals surface area contributed by atoms with E-state index in [0.29, 0.717) is 12.5 Å². The fourth-order valence-electron chi connectivity index (χ4n) is 3.26. The van der Waals surface area contributed by atoms with Crippen molar-refractivity contribution in [1.82, 2.24) is 20.4 Å². The zero-order chi connectivity index (χ0) is 20.0. The number of benzene rings is 1. The van der Waals surface area contributed by atoms with Crippen LogP contribution in [0.2, 0.25) is 0 Å². The molecule has 1 aliphatic rings. The van der Waals surface area contributed by atoms with E-state index in [-0.39, 0.29) is 24.0 Å². The van der Waals surface area contributed by atoms with Crippen molar-refractivity contribution in [2.24, 2.45) is 10.9 Å². The number of piperazine rings is 1. The van der Waals surface area contributed by atoms with Crippen LogP contribution in [-0.2, 0) is 11.3 Å². The van der Waals surface area contributed by atoms with Crippen LogP contribution in [0.5, 0.6) is 0 Å². The molecule has 1 aliphatic heterocycles. The van der Waals surface area contributed by atoms with Crippen LogP contribution in [0.3, 0.4) is 0 Å². The molecule has 0 bridgehead atoms. The molecule has 0 saturated carbocycles. The molecule has 0 aliphatic carbocycles. The molecule has 0 spiro atoms. The topological polar surface area (TPSA) is 52.1 Å². The quantitative estimate of drug-likeness (QED) is 0.269. The standard InChI is InChI=1S/C22H39N5O.HI/c1-4-23-22(24-11-12-27-15-13-26(5-2)14-16-27)25-17-20(3)18-28-19-21-9-7-6-8-10-21;/h6-10,20H,4-5,11-19H2,1-3H3,(H2,23,24,25);1H. The Hall–Kier alpha value is -0.900. The van der Waals surface area contributed by atoms with Crippen LogP contribution in [0.15, 0.2) is 35.3 Å². The van der Waals surface area contributed by atoms with Gasteiger partial charge in [0.25, 0.3) is 0 Å². The third-order valence-electron chi connectivity index (χ3n) is 5.05. The van der Waals surface area contributed by atoms with Gasteiger partial charge in [0.1, 0.15) is 0 Å². The van der Waals surface area contributed by atoms with Crippen LogP contribution >= 0.6 is 24.0 Å². The zero-order valence-corrected chi connectivity index (χ0v) is 20.7. The molecule has 2 rings (SSSR count). The van der Waals surface area contributed by atoms with E-state index in [2.05, 4.69) is 53.3 Å². The molecule has 29 heavy (non-hydrogen) atoms. The van der Waals surface area contributed by atoms with Gasteiger partial charge in [-0.05, 0) is 24.9 Å². The lowest BCUT2D eigenvalue weighted by molar-refractivity contribution is 0.0945. The average Bonchev–Trinajstić information content (AvgIpc) is 2.73. The third-order valence-corrected chi connectivity index (χ3v) is 5.05. The van der Waals surface area contributed by atoms with E-state index in [0.717, 1.165) is 45.3 Å². The second-order valence-corrected chi connectivity index (χ2v) is 7.53. The van der Waals surface area contributed by atoms with Crippen LogP contribution in [0, 0.1) is 5.92 Å². The summed E-state index contributed by atoms with van der Waals surface area (Å²) in [7, 11) is 0. The van der Waals surface area contributed by atoms with Crippen molar-refractivity contribution in [3.63, 3.8) is 0 Å². The minimum absolute atomic E-state index is 0. The molecule has 1 aromatic rings. The van der Waals surface area contributed by atoms with Crippen molar-refractivity contribution in [2.75, 3.05) is 65.5 Å². The van der Waals surface area contributed by atoms with Crippen LogP contribution < -0.4 is 10.6 Å². The van der Waals surface area contributed by atoms with E-state index >= 15 is 0 Å². The predicted molar refractivity (Wildman–Crippen MR) is 133 cm³/mol. The lowest BCUT2D eigenvalue weighted by Crippen LogP contribution is -2.49. The van der Waals surface area contributed by atoms with Gasteiger partial charge in [-0.1, -0.05) is 44.2 Å². The van der Waals surface area contributed by atoms with Crippen molar-refractivity contribution < 1.29 is 4.74 Å². The summed E-state index contributed by atoms with van der Waals surface area (Å²) in [4.78, 5) is 9.78. The Labute approximate surface area is 194 Å². The molecule has 0 amide bonds. The number of hydrogen-bond donors (Lipinski definition) is 2. The molecule has 7 heteroatoms. The van der Waals surface area contributed by atoms with E-state index in [1.807, 2.05) is 18.2 Å². The van der Waals surface area contributed by atoms with Gasteiger partial charge in [-0.25, -0.2) is 0 Å². The first kappa shape index (κ1) is 26.1. The summed E-state index contributed by atoms with van der Waals surface area (Å²) in [5.41, 5.74) is 1.22. The van der Waals surface area contributed by atoms with Crippen LogP contribution in [0.4, 0.5) is 0 Å². The molecule has 1 fully saturated rings. The highest BCUT2D eigenvalue weighted by Gasteiger charge is 2.14. The summed E-state index contributed by atoms with van der Waals surface area (Å²) in [6, 6.07) is 10.3. The van der Waals surface area contributed by atoms with E-state index in [9.17, 15) is 0 Å². The second kappa shape index (κ2) is 15.9. The number of guanidine groups is 1. The number of rotatable bonds is 11. The van der Waals surface area contributed by atoms with E-state index in [1.165, 1.54) is 31.7 Å². The Bertz CT molecular complexity index is 549. The van der Waals surface area contributed by atoms with Crippen molar-refractivity contribution in [1.29, 1.82) is 0 Å². The number of nitrogens with zero attached hydrogens (tertiary/aromatic N) is 3. The molecule has 6 nitrogen and oxygen atoms in total. The van der Waals surface area contributed by atoms with E-state index in [1.54, 1.807) is 0 Å². The van der Waals surface area contributed by atoms with Gasteiger partial charge >= 0.3 is 0 Å². The minimum Gasteiger partial charge on any atom is -0.376 e. The number of nitrogens with one attached hydrogen (secondary N) is 2. The molecule has 2 N–H and O–H groups in total. The SMILES string of the molecule is CCNC(=NCC(C)COCc1ccccc1)NCCN1CCN(CC)CC1.I. The smallest absolute Gasteiger partial charge is 0.191 e. The van der Waals surface area contributed by atoms with E-state index in [4.69, 9.17) is 9.73 Å². The van der Waals surface area contributed by atoms with Gasteiger partial charge in [0.15, 0.2) is 5.96 Å². The summed E-state index contributed by atoms with van der Waals surface area (Å²) in [5, 5.41) is 6.82. The number of hydrogen-bond acceptors (Lipinski definition) is 4. The summed E-state index contributed by atoms with van der Waals surface area (Å²) in [6.07, 6.45) is 0. The van der Waals surface area contributed by atoms with Gasteiger partial charge < -0.3 is 20.3 Å². The molecule has 166 valence electrons. The number of ether oxygens (including phenoxy) is 1. The van der Waals surface area contributed by atoms with Crippen LogP contribution in [-0.4, -0.2) is 81.3 Å². The van der Waals surface area contributed by atoms with Crippen molar-refractivity contribution >= 4 is 29.9 Å². The van der Waals surface area contributed by atoms with Gasteiger partial charge in [-0.3, -0.25) is 9.89 Å². The Morgan fingerprint density at radius 2 is 1.76 bits per heavy atom. The van der Waals surface area contributed by atoms with Crippen LogP contribution in [0.1, 0.15) is 26.3 Å². The fourth-order valence-corrected chi connectivity index (χ4v) is 3.26. The number of halogens is 1. The number of aliphatic imine (C=N–C) groups is 1. The highest BCUT2D eigenvalue weighted by Crippen LogP contribution is 2.04. The van der Waals surface area contributed by atoms with Crippen LogP contribution in [0.25, 0.3) is 0 Å². The Kier molecular flexibility index (Phi) is 14.3. The molecule has 1 unspecified atom stereocenters. The average molecular weight is 518 g/mol. The third kappa shape index (κ3) is 11.2. The molecular weight excluding hydrogens is 477 g/mol. The largest absolute Gasteiger partial charge is 0.376 e. The van der Waals surface area contributed by atoms with E-state index < -0.39 is 0 Å². The number of likely N-dealkylation sites (N-methyl/N-ethyl adjacent to an activating group) is 1. The van der Waals surface area contributed by atoms with Gasteiger partial charge in [0, 0.05) is 52.4 Å². The molecule has 0 aromatic heterocycles. The molecule has 0 radical (unpaired) electrons. The second-order valence-electron chi connectivity index (χ2n) is 7.53. The van der Waals surface area contributed by atoms with Crippen molar-refractivity contribution in [3.05, 3.63) is 35.9 Å². The first-order chi connectivity index (χ1) is 13.7. The molecular formula is C22H40IN5O. The lowest BCUT2D eigenvalue weighted by atomic mass is 10.2. The monoisotopic (exact) mass is 517 g/mol. The van der Waals surface area contributed by atoms with Gasteiger partial charge in [-0.15, -0.1) is 24.0 Å². The zero-order valence-electron chi connectivity index (χ0n) is 18.4. The lowest BCUT2D eigenvalue weighted by Gasteiger charge is -2.34. The molecule has 1 heterocycles. The predicted octanol–water partition coefficient (Wildman–Crippen LogP) is 2.65. The Balaban J connectivity index is 0.00000420. The maximum atomic E-state index is 5.83. The molecule has 1 saturated heterocycles. The normalized spacial score (nSPS) is 16.9. The Morgan fingerprint density at radius 3 is 2.41 bits per heavy atom. The molecule has 1 aromatic carbocycles. The summed E-state index contributed by atoms with van der Waals surface area (Å²) >= 11 is 0. The summed E-state index contributed by atoms with van der Waals surface area (Å²) < 4.78 is 5.83.